The Bertz CT molecular complexity index is 737. The molecule has 0 aromatic carbocycles. The van der Waals surface area contributed by atoms with Gasteiger partial charge in [0.25, 0.3) is 5.91 Å². The van der Waals surface area contributed by atoms with Gasteiger partial charge in [0.2, 0.25) is 5.91 Å². The summed E-state index contributed by atoms with van der Waals surface area (Å²) < 4.78 is 0. The molecule has 2 amide bonds. The van der Waals surface area contributed by atoms with E-state index >= 15 is 0 Å². The maximum atomic E-state index is 12.7. The number of aliphatic carboxylic acids is 1. The number of carbonyl (C=O) groups is 3. The number of carbonyl (C=O) groups excluding carboxylic acids is 2. The lowest BCUT2D eigenvalue weighted by atomic mass is 9.82. The van der Waals surface area contributed by atoms with E-state index < -0.39 is 17.8 Å². The van der Waals surface area contributed by atoms with Crippen LogP contribution in [0.5, 0.6) is 0 Å². The van der Waals surface area contributed by atoms with Crippen LogP contribution in [0.3, 0.4) is 0 Å². The van der Waals surface area contributed by atoms with Gasteiger partial charge in [-0.1, -0.05) is 12.2 Å². The number of carboxylic acid groups (broad SMARTS) is 1. The molecule has 3 aliphatic carbocycles. The lowest BCUT2D eigenvalue weighted by molar-refractivity contribution is -0.146. The van der Waals surface area contributed by atoms with Gasteiger partial charge in [0, 0.05) is 6.04 Å². The topological polar surface area (TPSA) is 95.5 Å². The van der Waals surface area contributed by atoms with Gasteiger partial charge < -0.3 is 15.7 Å². The highest BCUT2D eigenvalue weighted by molar-refractivity contribution is 7.14. The number of anilines is 1. The van der Waals surface area contributed by atoms with Crippen molar-refractivity contribution < 1.29 is 19.5 Å². The maximum absolute atomic E-state index is 12.7. The molecular weight excluding hydrogens is 328 g/mol. The highest BCUT2D eigenvalue weighted by Crippen LogP contribution is 2.48. The molecule has 0 unspecified atom stereocenters. The largest absolute Gasteiger partial charge is 0.481 e. The van der Waals surface area contributed by atoms with Gasteiger partial charge in [0.15, 0.2) is 0 Å². The molecule has 7 heteroatoms. The van der Waals surface area contributed by atoms with Gasteiger partial charge in [-0.25, -0.2) is 0 Å². The molecule has 2 fully saturated rings. The summed E-state index contributed by atoms with van der Waals surface area (Å²) in [5.41, 5.74) is 0.450. The first-order valence-corrected chi connectivity index (χ1v) is 9.03. The normalized spacial score (nSPS) is 30.3. The third kappa shape index (κ3) is 2.62. The fourth-order valence-corrected chi connectivity index (χ4v) is 4.57. The fraction of sp³-hybridized carbons (Fsp3) is 0.471. The molecule has 1 aromatic heterocycles. The van der Waals surface area contributed by atoms with Crippen LogP contribution in [0.4, 0.5) is 5.00 Å². The molecule has 3 aliphatic rings. The number of nitrogens with one attached hydrogen (secondary N) is 2. The summed E-state index contributed by atoms with van der Waals surface area (Å²) in [6.45, 7) is 0. The summed E-state index contributed by atoms with van der Waals surface area (Å²) in [6.07, 6.45) is 6.57. The van der Waals surface area contributed by atoms with Crippen LogP contribution in [0.25, 0.3) is 0 Å². The van der Waals surface area contributed by atoms with Crippen LogP contribution in [0.1, 0.15) is 29.6 Å². The Balaban J connectivity index is 1.50. The van der Waals surface area contributed by atoms with Crippen LogP contribution in [0.2, 0.25) is 0 Å². The second-order valence-electron chi connectivity index (χ2n) is 6.74. The van der Waals surface area contributed by atoms with E-state index in [0.29, 0.717) is 17.0 Å². The van der Waals surface area contributed by atoms with Crippen molar-refractivity contribution in [2.24, 2.45) is 23.7 Å². The number of amides is 2. The zero-order valence-electron chi connectivity index (χ0n) is 12.9. The highest BCUT2D eigenvalue weighted by atomic mass is 32.1. The predicted molar refractivity (Wildman–Crippen MR) is 88.8 cm³/mol. The Hall–Kier alpha value is -2.15. The van der Waals surface area contributed by atoms with E-state index in [9.17, 15) is 19.5 Å². The quantitative estimate of drug-likeness (QED) is 0.712. The van der Waals surface area contributed by atoms with E-state index in [4.69, 9.17) is 0 Å². The van der Waals surface area contributed by atoms with Crippen LogP contribution >= 0.6 is 11.3 Å². The van der Waals surface area contributed by atoms with Gasteiger partial charge in [0.05, 0.1) is 17.4 Å². The molecular formula is C17H18N2O4S. The van der Waals surface area contributed by atoms with E-state index in [1.165, 1.54) is 11.3 Å². The molecule has 2 saturated carbocycles. The van der Waals surface area contributed by atoms with Crippen molar-refractivity contribution in [3.05, 3.63) is 29.2 Å². The molecule has 24 heavy (non-hydrogen) atoms. The van der Waals surface area contributed by atoms with E-state index in [1.54, 1.807) is 11.4 Å². The van der Waals surface area contributed by atoms with E-state index in [1.807, 2.05) is 12.2 Å². The number of hydrogen-bond donors (Lipinski definition) is 3. The fourth-order valence-electron chi connectivity index (χ4n) is 3.79. The zero-order chi connectivity index (χ0) is 16.8. The van der Waals surface area contributed by atoms with Crippen LogP contribution in [0, 0.1) is 23.7 Å². The number of rotatable bonds is 5. The minimum atomic E-state index is -0.926. The summed E-state index contributed by atoms with van der Waals surface area (Å²) in [4.78, 5) is 36.4. The second kappa shape index (κ2) is 5.73. The minimum absolute atomic E-state index is 0.0280. The number of allylic oxidation sites excluding steroid dienone is 2. The van der Waals surface area contributed by atoms with Gasteiger partial charge >= 0.3 is 5.97 Å². The molecule has 0 radical (unpaired) electrons. The van der Waals surface area contributed by atoms with E-state index in [0.717, 1.165) is 12.8 Å². The van der Waals surface area contributed by atoms with Gasteiger partial charge in [-0.05, 0) is 42.5 Å². The van der Waals surface area contributed by atoms with Gasteiger partial charge in [-0.3, -0.25) is 14.4 Å². The second-order valence-corrected chi connectivity index (χ2v) is 7.65. The van der Waals surface area contributed by atoms with Crippen molar-refractivity contribution in [3.63, 3.8) is 0 Å². The van der Waals surface area contributed by atoms with Gasteiger partial charge in [-0.15, -0.1) is 11.3 Å². The number of hydrogen-bond acceptors (Lipinski definition) is 4. The molecule has 1 aromatic rings. The lowest BCUT2D eigenvalue weighted by Crippen LogP contribution is -2.36. The summed E-state index contributed by atoms with van der Waals surface area (Å²) in [6, 6.07) is 1.93. The number of carboxylic acids is 1. The van der Waals surface area contributed by atoms with Crippen molar-refractivity contribution >= 4 is 34.1 Å². The molecule has 3 N–H and O–H groups in total. The molecule has 126 valence electrons. The Morgan fingerprint density at radius 1 is 1.12 bits per heavy atom. The third-order valence-corrected chi connectivity index (χ3v) is 5.94. The smallest absolute Gasteiger partial charge is 0.307 e. The molecule has 0 saturated heterocycles. The van der Waals surface area contributed by atoms with Crippen LogP contribution < -0.4 is 10.6 Å². The minimum Gasteiger partial charge on any atom is -0.481 e. The van der Waals surface area contributed by atoms with Crippen molar-refractivity contribution in [1.82, 2.24) is 5.32 Å². The Morgan fingerprint density at radius 2 is 1.83 bits per heavy atom. The maximum Gasteiger partial charge on any atom is 0.307 e. The SMILES string of the molecule is O=C(NC1CC1)c1ccsc1NC(=O)[C@H]1[C@H](C(=O)O)[C@H]2C=C[C@H]1C2. The van der Waals surface area contributed by atoms with Gasteiger partial charge in [-0.2, -0.15) is 0 Å². The molecule has 2 bridgehead atoms. The average Bonchev–Trinajstić information content (AvgIpc) is 2.98. The Morgan fingerprint density at radius 3 is 2.50 bits per heavy atom. The third-order valence-electron chi connectivity index (χ3n) is 5.11. The molecule has 0 spiro atoms. The summed E-state index contributed by atoms with van der Waals surface area (Å²) >= 11 is 1.28. The molecule has 4 atom stereocenters. The predicted octanol–water partition coefficient (Wildman–Crippen LogP) is 2.10. The number of thiophene rings is 1. The van der Waals surface area contributed by atoms with Crippen LogP contribution in [-0.4, -0.2) is 28.9 Å². The molecule has 4 rings (SSSR count). The Kier molecular flexibility index (Phi) is 3.68. The molecule has 6 nitrogen and oxygen atoms in total. The van der Waals surface area contributed by atoms with E-state index in [2.05, 4.69) is 10.6 Å². The van der Waals surface area contributed by atoms with E-state index in [-0.39, 0.29) is 29.7 Å². The first-order chi connectivity index (χ1) is 11.5. The lowest BCUT2D eigenvalue weighted by Gasteiger charge is -2.23. The molecule has 0 aliphatic heterocycles. The van der Waals surface area contributed by atoms with Crippen molar-refractivity contribution in [1.29, 1.82) is 0 Å². The summed E-state index contributed by atoms with van der Waals surface area (Å²) in [5, 5.41) is 17.4. The average molecular weight is 346 g/mol. The van der Waals surface area contributed by atoms with Crippen molar-refractivity contribution in [2.45, 2.75) is 25.3 Å². The summed E-state index contributed by atoms with van der Waals surface area (Å²) in [5.74, 6) is -2.75. The zero-order valence-corrected chi connectivity index (χ0v) is 13.7. The highest BCUT2D eigenvalue weighted by Gasteiger charge is 2.51. The van der Waals surface area contributed by atoms with Gasteiger partial charge in [0.1, 0.15) is 5.00 Å². The van der Waals surface area contributed by atoms with Crippen molar-refractivity contribution in [3.8, 4) is 0 Å². The van der Waals surface area contributed by atoms with Crippen molar-refractivity contribution in [2.75, 3.05) is 5.32 Å². The van der Waals surface area contributed by atoms with Crippen LogP contribution in [-0.2, 0) is 9.59 Å². The standard InChI is InChI=1S/C17H18N2O4S/c20-14(18-10-3-4-10)11-5-6-24-16(11)19-15(21)12-8-1-2-9(7-8)13(12)17(22)23/h1-2,5-6,8-10,12-13H,3-4,7H2,(H,18,20)(H,19,21)(H,22,23)/t8-,9-,12+,13+/m0/s1. The Labute approximate surface area is 142 Å². The number of fused-ring (bicyclic) bond motifs is 2. The molecule has 1 heterocycles. The summed E-state index contributed by atoms with van der Waals surface area (Å²) in [7, 11) is 0. The van der Waals surface area contributed by atoms with Crippen LogP contribution in [0.15, 0.2) is 23.6 Å². The first-order valence-electron chi connectivity index (χ1n) is 8.15. The first kappa shape index (κ1) is 15.4. The monoisotopic (exact) mass is 346 g/mol.